The van der Waals surface area contributed by atoms with E-state index in [4.69, 9.17) is 5.73 Å². The number of aryl methyl sites for hydroxylation is 3. The minimum absolute atomic E-state index is 0.178. The van der Waals surface area contributed by atoms with E-state index in [0.29, 0.717) is 18.9 Å². The van der Waals surface area contributed by atoms with Crippen LogP contribution in [0, 0.1) is 6.92 Å². The van der Waals surface area contributed by atoms with Crippen molar-refractivity contribution in [1.82, 2.24) is 19.0 Å². The molecule has 11 nitrogen and oxygen atoms in total. The number of rotatable bonds is 11. The smallest absolute Gasteiger partial charge is 0.341 e. The van der Waals surface area contributed by atoms with Gasteiger partial charge in [0, 0.05) is 63.3 Å². The molecule has 0 saturated carbocycles. The van der Waals surface area contributed by atoms with E-state index in [2.05, 4.69) is 40.0 Å². The van der Waals surface area contributed by atoms with E-state index in [9.17, 15) is 19.5 Å². The Hall–Kier alpha value is -4.12. The first-order valence-corrected chi connectivity index (χ1v) is 13.9. The number of carboxylic acids is 1. The van der Waals surface area contributed by atoms with Crippen molar-refractivity contribution < 1.29 is 9.90 Å². The summed E-state index contributed by atoms with van der Waals surface area (Å²) in [6.07, 6.45) is 4.06. The maximum Gasteiger partial charge on any atom is 0.341 e. The Morgan fingerprint density at radius 1 is 1.05 bits per heavy atom. The molecular formula is C29H39N7O4. The van der Waals surface area contributed by atoms with Crippen molar-refractivity contribution in [3.8, 4) is 0 Å². The molecular weight excluding hydrogens is 510 g/mol. The highest BCUT2D eigenvalue weighted by Gasteiger charge is 2.21. The third kappa shape index (κ3) is 6.71. The van der Waals surface area contributed by atoms with E-state index in [1.54, 1.807) is 0 Å². The number of unbranched alkanes of at least 4 members (excludes halogenated alkanes) is 1. The van der Waals surface area contributed by atoms with Gasteiger partial charge in [0.2, 0.25) is 5.95 Å². The number of aromatic nitrogens is 3. The number of benzene rings is 1. The number of piperazine rings is 1. The average molecular weight is 550 g/mol. The fourth-order valence-corrected chi connectivity index (χ4v) is 5.15. The van der Waals surface area contributed by atoms with Gasteiger partial charge in [-0.1, -0.05) is 13.0 Å². The number of hydrogen-bond donors (Lipinski definition) is 3. The second-order valence-electron chi connectivity index (χ2n) is 10.1. The molecule has 0 radical (unpaired) electrons. The number of carbonyl (C=O) groups is 1. The van der Waals surface area contributed by atoms with Crippen LogP contribution in [0.25, 0.3) is 0 Å². The Morgan fingerprint density at radius 3 is 2.42 bits per heavy atom. The molecule has 214 valence electrons. The van der Waals surface area contributed by atoms with Crippen molar-refractivity contribution in [3.05, 3.63) is 73.8 Å². The van der Waals surface area contributed by atoms with Gasteiger partial charge in [0.1, 0.15) is 17.2 Å². The summed E-state index contributed by atoms with van der Waals surface area (Å²) in [6.45, 7) is 11.3. The number of nitrogens with one attached hydrogen (secondary N) is 1. The van der Waals surface area contributed by atoms with Crippen molar-refractivity contribution in [1.29, 1.82) is 0 Å². The topological polar surface area (TPSA) is 139 Å². The van der Waals surface area contributed by atoms with Gasteiger partial charge in [-0.3, -0.25) is 19.1 Å². The molecule has 1 fully saturated rings. The van der Waals surface area contributed by atoms with Gasteiger partial charge < -0.3 is 25.6 Å². The third-order valence-corrected chi connectivity index (χ3v) is 7.52. The van der Waals surface area contributed by atoms with Crippen LogP contribution in [-0.4, -0.2) is 62.8 Å². The normalized spacial score (nSPS) is 13.9. The van der Waals surface area contributed by atoms with Gasteiger partial charge in [0.05, 0.1) is 0 Å². The van der Waals surface area contributed by atoms with E-state index in [0.717, 1.165) is 63.5 Å². The van der Waals surface area contributed by atoms with Crippen LogP contribution in [-0.2, 0) is 19.5 Å². The number of aromatic carboxylic acids is 1. The van der Waals surface area contributed by atoms with Crippen LogP contribution in [0.5, 0.6) is 0 Å². The highest BCUT2D eigenvalue weighted by molar-refractivity contribution is 5.87. The summed E-state index contributed by atoms with van der Waals surface area (Å²) < 4.78 is 3.33. The Bertz CT molecular complexity index is 1470. The van der Waals surface area contributed by atoms with Crippen molar-refractivity contribution in [2.45, 2.75) is 53.1 Å². The second kappa shape index (κ2) is 12.8. The maximum absolute atomic E-state index is 12.8. The Labute approximate surface area is 233 Å². The van der Waals surface area contributed by atoms with Crippen molar-refractivity contribution >= 4 is 29.2 Å². The monoisotopic (exact) mass is 549 g/mol. The van der Waals surface area contributed by atoms with Gasteiger partial charge in [-0.05, 0) is 62.9 Å². The number of carboxylic acid groups (broad SMARTS) is 1. The van der Waals surface area contributed by atoms with Crippen LogP contribution in [0.15, 0.2) is 46.1 Å². The molecule has 0 amide bonds. The van der Waals surface area contributed by atoms with Crippen LogP contribution in [0.1, 0.15) is 48.2 Å². The van der Waals surface area contributed by atoms with E-state index in [1.165, 1.54) is 34.0 Å². The molecule has 1 aliphatic heterocycles. The quantitative estimate of drug-likeness (QED) is 0.308. The lowest BCUT2D eigenvalue weighted by Gasteiger charge is -2.37. The lowest BCUT2D eigenvalue weighted by atomic mass is 10.1. The Kier molecular flexibility index (Phi) is 9.26. The van der Waals surface area contributed by atoms with Crippen LogP contribution in [0.3, 0.4) is 0 Å². The summed E-state index contributed by atoms with van der Waals surface area (Å²) >= 11 is 0. The SMILES string of the molecule is CCc1cc(Nc2cc(=O)n(CCCCN3CCN(c4cc(=O)c(C(=O)O)cn4CC)CC3)c(N)n2)ccc1C. The number of nitrogens with zero attached hydrogens (tertiary/aromatic N) is 5. The molecule has 2 aromatic heterocycles. The molecule has 0 bridgehead atoms. The molecule has 11 heteroatoms. The first-order chi connectivity index (χ1) is 19.2. The predicted molar refractivity (Wildman–Crippen MR) is 158 cm³/mol. The zero-order valence-electron chi connectivity index (χ0n) is 23.5. The van der Waals surface area contributed by atoms with Crippen LogP contribution in [0.4, 0.5) is 23.3 Å². The summed E-state index contributed by atoms with van der Waals surface area (Å²) in [5, 5.41) is 12.5. The molecule has 0 atom stereocenters. The van der Waals surface area contributed by atoms with Gasteiger partial charge in [-0.25, -0.2) is 4.79 Å². The summed E-state index contributed by atoms with van der Waals surface area (Å²) in [7, 11) is 0. The third-order valence-electron chi connectivity index (χ3n) is 7.52. The van der Waals surface area contributed by atoms with Gasteiger partial charge in [-0.15, -0.1) is 0 Å². The molecule has 3 aromatic rings. The Balaban J connectivity index is 1.27. The predicted octanol–water partition coefficient (Wildman–Crippen LogP) is 2.92. The number of nitrogen functional groups attached to an aromatic ring is 1. The molecule has 4 rings (SSSR count). The molecule has 4 N–H and O–H groups in total. The summed E-state index contributed by atoms with van der Waals surface area (Å²) in [5.41, 5.74) is 8.64. The average Bonchev–Trinajstić information content (AvgIpc) is 2.93. The van der Waals surface area contributed by atoms with Gasteiger partial charge >= 0.3 is 5.97 Å². The number of anilines is 4. The number of nitrogens with two attached hydrogens (primary N) is 1. The van der Waals surface area contributed by atoms with Crippen LogP contribution < -0.4 is 26.9 Å². The van der Waals surface area contributed by atoms with Crippen LogP contribution in [0.2, 0.25) is 0 Å². The summed E-state index contributed by atoms with van der Waals surface area (Å²) in [4.78, 5) is 45.2. The second-order valence-corrected chi connectivity index (χ2v) is 10.1. The fourth-order valence-electron chi connectivity index (χ4n) is 5.15. The first kappa shape index (κ1) is 28.9. The first-order valence-electron chi connectivity index (χ1n) is 13.9. The zero-order valence-corrected chi connectivity index (χ0v) is 23.5. The highest BCUT2D eigenvalue weighted by Crippen LogP contribution is 2.20. The van der Waals surface area contributed by atoms with Crippen molar-refractivity contribution in [2.24, 2.45) is 0 Å². The molecule has 1 aromatic carbocycles. The van der Waals surface area contributed by atoms with Gasteiger partial charge in [-0.2, -0.15) is 4.98 Å². The standard InChI is InChI=1S/C29H39N7O4/c1-4-21-16-22(9-8-20(21)3)31-25-18-27(38)36(29(30)32-25)11-7-6-10-33-12-14-35(15-13-33)26-17-24(37)23(28(39)40)19-34(26)5-2/h8-9,16-19,31H,4-7,10-15H2,1-3H3,(H2,30,32)(H,39,40). The van der Waals surface area contributed by atoms with E-state index >= 15 is 0 Å². The number of pyridine rings is 1. The van der Waals surface area contributed by atoms with E-state index in [-0.39, 0.29) is 17.1 Å². The molecule has 0 unspecified atom stereocenters. The molecule has 3 heterocycles. The lowest BCUT2D eigenvalue weighted by Crippen LogP contribution is -2.47. The minimum Gasteiger partial charge on any atom is -0.477 e. The van der Waals surface area contributed by atoms with E-state index in [1.807, 2.05) is 23.6 Å². The van der Waals surface area contributed by atoms with Gasteiger partial charge in [0.25, 0.3) is 5.56 Å². The molecule has 1 aliphatic rings. The van der Waals surface area contributed by atoms with E-state index < -0.39 is 11.4 Å². The zero-order chi connectivity index (χ0) is 28.8. The summed E-state index contributed by atoms with van der Waals surface area (Å²) in [5.74, 6) is 0.185. The lowest BCUT2D eigenvalue weighted by molar-refractivity contribution is 0.0694. The maximum atomic E-state index is 12.8. The fraction of sp³-hybridized carbons (Fsp3) is 0.448. The summed E-state index contributed by atoms with van der Waals surface area (Å²) in [6, 6.07) is 9.00. The highest BCUT2D eigenvalue weighted by atomic mass is 16.4. The minimum atomic E-state index is -1.20. The van der Waals surface area contributed by atoms with Crippen molar-refractivity contribution in [2.75, 3.05) is 48.7 Å². The molecule has 1 saturated heterocycles. The molecule has 0 spiro atoms. The Morgan fingerprint density at radius 2 is 1.77 bits per heavy atom. The largest absolute Gasteiger partial charge is 0.477 e. The van der Waals surface area contributed by atoms with Crippen molar-refractivity contribution in [3.63, 3.8) is 0 Å². The number of hydrogen-bond acceptors (Lipinski definition) is 8. The van der Waals surface area contributed by atoms with Gasteiger partial charge in [0.15, 0.2) is 5.43 Å². The van der Waals surface area contributed by atoms with Crippen LogP contribution >= 0.6 is 0 Å². The molecule has 40 heavy (non-hydrogen) atoms. The molecule has 0 aliphatic carbocycles.